The lowest BCUT2D eigenvalue weighted by atomic mass is 10.0. The lowest BCUT2D eigenvalue weighted by Crippen LogP contribution is -2.09. The molecule has 1 aromatic rings. The number of carboxylic acid groups (broad SMARTS) is 1. The molecule has 0 heterocycles. The Bertz CT molecular complexity index is 347. The van der Waals surface area contributed by atoms with Gasteiger partial charge in [-0.3, -0.25) is 0 Å². The van der Waals surface area contributed by atoms with Gasteiger partial charge in [0.05, 0.1) is 11.3 Å². The highest BCUT2D eigenvalue weighted by molar-refractivity contribution is 5.95. The van der Waals surface area contributed by atoms with Crippen LogP contribution in [0.1, 0.15) is 36.2 Å². The predicted octanol–water partition coefficient (Wildman–Crippen LogP) is 2.77. The van der Waals surface area contributed by atoms with E-state index in [2.05, 4.69) is 12.2 Å². The Morgan fingerprint density at radius 2 is 2.13 bits per heavy atom. The van der Waals surface area contributed by atoms with Crippen LogP contribution < -0.4 is 5.32 Å². The van der Waals surface area contributed by atoms with Gasteiger partial charge in [0.15, 0.2) is 0 Å². The van der Waals surface area contributed by atoms with Gasteiger partial charge in [0, 0.05) is 6.54 Å². The molecular formula is C12H17NO2. The second kappa shape index (κ2) is 5.39. The number of hydrogen-bond acceptors (Lipinski definition) is 2. The number of anilines is 1. The van der Waals surface area contributed by atoms with E-state index >= 15 is 0 Å². The van der Waals surface area contributed by atoms with Crippen LogP contribution in [0, 0.1) is 0 Å². The van der Waals surface area contributed by atoms with Crippen molar-refractivity contribution >= 4 is 11.7 Å². The molecule has 0 atom stereocenters. The summed E-state index contributed by atoms with van der Waals surface area (Å²) in [5, 5.41) is 12.2. The predicted molar refractivity (Wildman–Crippen MR) is 61.6 cm³/mol. The molecule has 1 aromatic carbocycles. The zero-order valence-electron chi connectivity index (χ0n) is 9.21. The van der Waals surface area contributed by atoms with Gasteiger partial charge in [0.25, 0.3) is 0 Å². The summed E-state index contributed by atoms with van der Waals surface area (Å²) in [6.07, 6.45) is 1.82. The summed E-state index contributed by atoms with van der Waals surface area (Å²) in [7, 11) is 0. The van der Waals surface area contributed by atoms with Crippen molar-refractivity contribution < 1.29 is 9.90 Å². The quantitative estimate of drug-likeness (QED) is 0.780. The zero-order chi connectivity index (χ0) is 11.3. The Kier molecular flexibility index (Phi) is 4.16. The Labute approximate surface area is 90.1 Å². The number of aromatic carboxylic acids is 1. The molecule has 0 unspecified atom stereocenters. The highest BCUT2D eigenvalue weighted by Gasteiger charge is 2.11. The number of aryl methyl sites for hydroxylation is 1. The Morgan fingerprint density at radius 1 is 1.40 bits per heavy atom. The van der Waals surface area contributed by atoms with E-state index in [0.29, 0.717) is 5.56 Å². The van der Waals surface area contributed by atoms with Crippen molar-refractivity contribution in [2.24, 2.45) is 0 Å². The number of benzene rings is 1. The molecular weight excluding hydrogens is 190 g/mol. The largest absolute Gasteiger partial charge is 0.478 e. The number of nitrogens with one attached hydrogen (secondary N) is 1. The fraction of sp³-hybridized carbons (Fsp3) is 0.417. The van der Waals surface area contributed by atoms with Crippen molar-refractivity contribution in [3.63, 3.8) is 0 Å². The van der Waals surface area contributed by atoms with Crippen molar-refractivity contribution in [2.75, 3.05) is 11.9 Å². The van der Waals surface area contributed by atoms with E-state index < -0.39 is 5.97 Å². The smallest absolute Gasteiger partial charge is 0.337 e. The molecule has 0 saturated heterocycles. The van der Waals surface area contributed by atoms with Crippen LogP contribution in [0.15, 0.2) is 18.2 Å². The SMILES string of the molecule is CCCNc1c(CC)cccc1C(=O)O. The number of hydrogen-bond donors (Lipinski definition) is 2. The van der Waals surface area contributed by atoms with Crippen LogP contribution in [0.25, 0.3) is 0 Å². The molecule has 0 saturated carbocycles. The average Bonchev–Trinajstić information content (AvgIpc) is 2.25. The number of carbonyl (C=O) groups is 1. The summed E-state index contributed by atoms with van der Waals surface area (Å²) in [5.74, 6) is -0.871. The van der Waals surface area contributed by atoms with Gasteiger partial charge in [-0.2, -0.15) is 0 Å². The zero-order valence-corrected chi connectivity index (χ0v) is 9.21. The molecule has 0 amide bonds. The third kappa shape index (κ3) is 2.72. The van der Waals surface area contributed by atoms with Gasteiger partial charge in [-0.05, 0) is 24.5 Å². The van der Waals surface area contributed by atoms with Crippen LogP contribution in [-0.2, 0) is 6.42 Å². The maximum absolute atomic E-state index is 11.0. The van der Waals surface area contributed by atoms with Crippen molar-refractivity contribution in [2.45, 2.75) is 26.7 Å². The minimum Gasteiger partial charge on any atom is -0.478 e. The Hall–Kier alpha value is -1.51. The van der Waals surface area contributed by atoms with E-state index in [1.54, 1.807) is 12.1 Å². The standard InChI is InChI=1S/C12H17NO2/c1-3-8-13-11-9(4-2)6-5-7-10(11)12(14)15/h5-7,13H,3-4,8H2,1-2H3,(H,14,15). The van der Waals surface area contributed by atoms with E-state index in [1.807, 2.05) is 13.0 Å². The summed E-state index contributed by atoms with van der Waals surface area (Å²) in [6.45, 7) is 4.89. The topological polar surface area (TPSA) is 49.3 Å². The first-order chi connectivity index (χ1) is 7.20. The minimum absolute atomic E-state index is 0.364. The van der Waals surface area contributed by atoms with Crippen LogP contribution >= 0.6 is 0 Å². The second-order valence-electron chi connectivity index (χ2n) is 3.43. The first-order valence-corrected chi connectivity index (χ1v) is 5.29. The molecule has 0 aromatic heterocycles. The molecule has 82 valence electrons. The molecule has 0 aliphatic carbocycles. The molecule has 0 radical (unpaired) electrons. The maximum atomic E-state index is 11.0. The van der Waals surface area contributed by atoms with Crippen molar-refractivity contribution in [3.05, 3.63) is 29.3 Å². The summed E-state index contributed by atoms with van der Waals surface area (Å²) in [5.41, 5.74) is 2.19. The van der Waals surface area contributed by atoms with Gasteiger partial charge in [0.2, 0.25) is 0 Å². The van der Waals surface area contributed by atoms with E-state index in [4.69, 9.17) is 5.11 Å². The van der Waals surface area contributed by atoms with E-state index in [-0.39, 0.29) is 0 Å². The van der Waals surface area contributed by atoms with Crippen molar-refractivity contribution in [3.8, 4) is 0 Å². The number of para-hydroxylation sites is 1. The molecule has 3 heteroatoms. The summed E-state index contributed by atoms with van der Waals surface area (Å²) in [4.78, 5) is 11.0. The van der Waals surface area contributed by atoms with Gasteiger partial charge in [-0.1, -0.05) is 26.0 Å². The van der Waals surface area contributed by atoms with Crippen LogP contribution in [0.3, 0.4) is 0 Å². The van der Waals surface area contributed by atoms with Gasteiger partial charge in [-0.15, -0.1) is 0 Å². The van der Waals surface area contributed by atoms with Crippen LogP contribution in [0.2, 0.25) is 0 Å². The molecule has 2 N–H and O–H groups in total. The monoisotopic (exact) mass is 207 g/mol. The summed E-state index contributed by atoms with van der Waals surface area (Å²) in [6, 6.07) is 5.39. The molecule has 0 aliphatic rings. The Morgan fingerprint density at radius 3 is 2.67 bits per heavy atom. The fourth-order valence-electron chi connectivity index (χ4n) is 1.53. The van der Waals surface area contributed by atoms with Gasteiger partial charge in [0.1, 0.15) is 0 Å². The fourth-order valence-corrected chi connectivity index (χ4v) is 1.53. The summed E-state index contributed by atoms with van der Waals surface area (Å²) >= 11 is 0. The molecule has 0 fully saturated rings. The van der Waals surface area contributed by atoms with E-state index in [0.717, 1.165) is 30.6 Å². The van der Waals surface area contributed by atoms with E-state index in [1.165, 1.54) is 0 Å². The lowest BCUT2D eigenvalue weighted by Gasteiger charge is -2.12. The highest BCUT2D eigenvalue weighted by atomic mass is 16.4. The third-order valence-corrected chi connectivity index (χ3v) is 2.31. The van der Waals surface area contributed by atoms with Crippen molar-refractivity contribution in [1.82, 2.24) is 0 Å². The number of carboxylic acids is 1. The highest BCUT2D eigenvalue weighted by Crippen LogP contribution is 2.21. The average molecular weight is 207 g/mol. The van der Waals surface area contributed by atoms with Crippen LogP contribution in [0.4, 0.5) is 5.69 Å². The summed E-state index contributed by atoms with van der Waals surface area (Å²) < 4.78 is 0. The maximum Gasteiger partial charge on any atom is 0.337 e. The number of rotatable bonds is 5. The van der Waals surface area contributed by atoms with Crippen LogP contribution in [0.5, 0.6) is 0 Å². The minimum atomic E-state index is -0.871. The van der Waals surface area contributed by atoms with Gasteiger partial charge < -0.3 is 10.4 Å². The normalized spacial score (nSPS) is 10.0. The molecule has 0 spiro atoms. The first-order valence-electron chi connectivity index (χ1n) is 5.29. The lowest BCUT2D eigenvalue weighted by molar-refractivity contribution is 0.0698. The second-order valence-corrected chi connectivity index (χ2v) is 3.43. The Balaban J connectivity index is 3.08. The van der Waals surface area contributed by atoms with Gasteiger partial charge >= 0.3 is 5.97 Å². The van der Waals surface area contributed by atoms with Crippen molar-refractivity contribution in [1.29, 1.82) is 0 Å². The molecule has 15 heavy (non-hydrogen) atoms. The first kappa shape index (κ1) is 11.6. The van der Waals surface area contributed by atoms with Gasteiger partial charge in [-0.25, -0.2) is 4.79 Å². The third-order valence-electron chi connectivity index (χ3n) is 2.31. The molecule has 0 bridgehead atoms. The molecule has 3 nitrogen and oxygen atoms in total. The van der Waals surface area contributed by atoms with Crippen LogP contribution in [-0.4, -0.2) is 17.6 Å². The van der Waals surface area contributed by atoms with E-state index in [9.17, 15) is 4.79 Å². The molecule has 1 rings (SSSR count). The molecule has 0 aliphatic heterocycles.